The zero-order valence-electron chi connectivity index (χ0n) is 11.3. The van der Waals surface area contributed by atoms with Crippen molar-refractivity contribution in [2.75, 3.05) is 13.2 Å². The molecule has 0 amide bonds. The molecule has 2 nitrogen and oxygen atoms in total. The van der Waals surface area contributed by atoms with Gasteiger partial charge in [0.25, 0.3) is 0 Å². The highest BCUT2D eigenvalue weighted by atomic mass is 16.5. The van der Waals surface area contributed by atoms with Crippen LogP contribution in [0.5, 0.6) is 0 Å². The zero-order chi connectivity index (χ0) is 11.8. The molecule has 0 heterocycles. The molecule has 0 aromatic carbocycles. The molecule has 1 unspecified atom stereocenters. The quantitative estimate of drug-likeness (QED) is 0.720. The number of nitrogens with one attached hydrogen (secondary N) is 1. The smallest absolute Gasteiger partial charge is 0.0616 e. The van der Waals surface area contributed by atoms with Gasteiger partial charge in [-0.05, 0) is 45.4 Å². The molecule has 1 N–H and O–H groups in total. The monoisotopic (exact) mass is 227 g/mol. The number of hydrogen-bond donors (Lipinski definition) is 1. The number of ether oxygens (including phenoxy) is 1. The third kappa shape index (κ3) is 5.31. The number of hydrogen-bond acceptors (Lipinski definition) is 2. The van der Waals surface area contributed by atoms with Gasteiger partial charge in [0.1, 0.15) is 0 Å². The molecule has 0 aromatic rings. The van der Waals surface area contributed by atoms with E-state index < -0.39 is 0 Å². The van der Waals surface area contributed by atoms with Crippen LogP contribution in [-0.4, -0.2) is 25.3 Å². The van der Waals surface area contributed by atoms with Gasteiger partial charge in [-0.25, -0.2) is 0 Å². The van der Waals surface area contributed by atoms with E-state index in [0.717, 1.165) is 25.2 Å². The van der Waals surface area contributed by atoms with Crippen LogP contribution in [0.25, 0.3) is 0 Å². The van der Waals surface area contributed by atoms with Crippen molar-refractivity contribution in [2.24, 2.45) is 5.92 Å². The lowest BCUT2D eigenvalue weighted by Crippen LogP contribution is -2.41. The Hall–Kier alpha value is -0.0800. The Morgan fingerprint density at radius 3 is 2.44 bits per heavy atom. The molecule has 96 valence electrons. The summed E-state index contributed by atoms with van der Waals surface area (Å²) in [5.74, 6) is 1.00. The molecule has 1 atom stereocenters. The zero-order valence-corrected chi connectivity index (χ0v) is 11.3. The van der Waals surface area contributed by atoms with Gasteiger partial charge in [-0.1, -0.05) is 19.8 Å². The summed E-state index contributed by atoms with van der Waals surface area (Å²) in [5.41, 5.74) is 0. The Bertz CT molecular complexity index is 164. The first-order valence-electron chi connectivity index (χ1n) is 7.10. The first-order chi connectivity index (χ1) is 7.76. The molecule has 1 rings (SSSR count). The first-order valence-corrected chi connectivity index (χ1v) is 7.10. The van der Waals surface area contributed by atoms with Crippen LogP contribution >= 0.6 is 0 Å². The molecular formula is C14H29NO. The molecule has 0 radical (unpaired) electrons. The van der Waals surface area contributed by atoms with Gasteiger partial charge in [0.15, 0.2) is 0 Å². The summed E-state index contributed by atoms with van der Waals surface area (Å²) in [4.78, 5) is 0. The maximum atomic E-state index is 5.43. The second-order valence-electron chi connectivity index (χ2n) is 5.23. The molecule has 1 aliphatic carbocycles. The van der Waals surface area contributed by atoms with Crippen LogP contribution in [0.15, 0.2) is 0 Å². The van der Waals surface area contributed by atoms with Crippen LogP contribution in [0.3, 0.4) is 0 Å². The predicted octanol–water partition coefficient (Wildman–Crippen LogP) is 3.36. The van der Waals surface area contributed by atoms with Crippen LogP contribution in [0.4, 0.5) is 0 Å². The first kappa shape index (κ1) is 14.0. The van der Waals surface area contributed by atoms with E-state index in [0.29, 0.717) is 6.04 Å². The van der Waals surface area contributed by atoms with Crippen molar-refractivity contribution in [3.8, 4) is 0 Å². The standard InChI is InChI=1S/C14H29NO/c1-4-6-13-7-9-14(10-8-13)15-12(3)11-16-5-2/h12-15H,4-11H2,1-3H3. The molecule has 16 heavy (non-hydrogen) atoms. The molecule has 0 spiro atoms. The van der Waals surface area contributed by atoms with Gasteiger partial charge < -0.3 is 10.1 Å². The van der Waals surface area contributed by atoms with Gasteiger partial charge in [-0.3, -0.25) is 0 Å². The van der Waals surface area contributed by atoms with Crippen LogP contribution in [0.1, 0.15) is 59.3 Å². The van der Waals surface area contributed by atoms with Crippen molar-refractivity contribution in [1.82, 2.24) is 5.32 Å². The molecule has 0 bridgehead atoms. The van der Waals surface area contributed by atoms with E-state index in [1.807, 2.05) is 0 Å². The summed E-state index contributed by atoms with van der Waals surface area (Å²) in [6.45, 7) is 8.27. The average Bonchev–Trinajstić information content (AvgIpc) is 2.29. The third-order valence-corrected chi connectivity index (χ3v) is 3.64. The number of rotatable bonds is 7. The largest absolute Gasteiger partial charge is 0.380 e. The Balaban J connectivity index is 2.11. The predicted molar refractivity (Wildman–Crippen MR) is 69.7 cm³/mol. The highest BCUT2D eigenvalue weighted by molar-refractivity contribution is 4.79. The molecule has 0 aromatic heterocycles. The highest BCUT2D eigenvalue weighted by Gasteiger charge is 2.21. The second kappa shape index (κ2) is 8.08. The fraction of sp³-hybridized carbons (Fsp3) is 1.00. The molecule has 1 aliphatic rings. The van der Waals surface area contributed by atoms with Gasteiger partial charge in [0.2, 0.25) is 0 Å². The minimum Gasteiger partial charge on any atom is -0.380 e. The highest BCUT2D eigenvalue weighted by Crippen LogP contribution is 2.27. The van der Waals surface area contributed by atoms with Gasteiger partial charge in [0.05, 0.1) is 6.61 Å². The van der Waals surface area contributed by atoms with Crippen LogP contribution < -0.4 is 5.32 Å². The van der Waals surface area contributed by atoms with Gasteiger partial charge in [0, 0.05) is 18.7 Å². The fourth-order valence-electron chi connectivity index (χ4n) is 2.77. The minimum absolute atomic E-state index is 0.507. The van der Waals surface area contributed by atoms with E-state index in [9.17, 15) is 0 Å². The molecular weight excluding hydrogens is 198 g/mol. The van der Waals surface area contributed by atoms with Gasteiger partial charge in [-0.2, -0.15) is 0 Å². The van der Waals surface area contributed by atoms with Crippen molar-refractivity contribution in [3.63, 3.8) is 0 Å². The van der Waals surface area contributed by atoms with Crippen molar-refractivity contribution in [1.29, 1.82) is 0 Å². The normalized spacial score (nSPS) is 27.9. The van der Waals surface area contributed by atoms with Crippen molar-refractivity contribution < 1.29 is 4.74 Å². The van der Waals surface area contributed by atoms with E-state index in [-0.39, 0.29) is 0 Å². The van der Waals surface area contributed by atoms with Crippen molar-refractivity contribution in [2.45, 2.75) is 71.4 Å². The second-order valence-corrected chi connectivity index (χ2v) is 5.23. The minimum atomic E-state index is 0.507. The Morgan fingerprint density at radius 2 is 1.88 bits per heavy atom. The SMILES string of the molecule is CCCC1CCC(NC(C)COCC)CC1. The summed E-state index contributed by atoms with van der Waals surface area (Å²) in [7, 11) is 0. The average molecular weight is 227 g/mol. The fourth-order valence-corrected chi connectivity index (χ4v) is 2.77. The van der Waals surface area contributed by atoms with Crippen LogP contribution in [-0.2, 0) is 4.74 Å². The third-order valence-electron chi connectivity index (χ3n) is 3.64. The summed E-state index contributed by atoms with van der Waals surface area (Å²) in [6.07, 6.45) is 8.35. The summed E-state index contributed by atoms with van der Waals surface area (Å²) >= 11 is 0. The van der Waals surface area contributed by atoms with Crippen molar-refractivity contribution in [3.05, 3.63) is 0 Å². The molecule has 2 heteroatoms. The lowest BCUT2D eigenvalue weighted by atomic mass is 9.83. The van der Waals surface area contributed by atoms with E-state index in [4.69, 9.17) is 4.74 Å². The van der Waals surface area contributed by atoms with E-state index in [1.54, 1.807) is 0 Å². The lowest BCUT2D eigenvalue weighted by molar-refractivity contribution is 0.119. The van der Waals surface area contributed by atoms with Crippen LogP contribution in [0, 0.1) is 5.92 Å². The summed E-state index contributed by atoms with van der Waals surface area (Å²) in [5, 5.41) is 3.69. The van der Waals surface area contributed by atoms with E-state index in [2.05, 4.69) is 26.1 Å². The summed E-state index contributed by atoms with van der Waals surface area (Å²) in [6, 6.07) is 1.25. The molecule has 0 saturated heterocycles. The summed E-state index contributed by atoms with van der Waals surface area (Å²) < 4.78 is 5.43. The molecule has 1 saturated carbocycles. The van der Waals surface area contributed by atoms with Gasteiger partial charge >= 0.3 is 0 Å². The maximum absolute atomic E-state index is 5.43. The Labute approximate surface area is 101 Å². The topological polar surface area (TPSA) is 21.3 Å². The Morgan fingerprint density at radius 1 is 1.19 bits per heavy atom. The molecule has 1 fully saturated rings. The maximum Gasteiger partial charge on any atom is 0.0616 e. The molecule has 0 aliphatic heterocycles. The van der Waals surface area contributed by atoms with Crippen molar-refractivity contribution >= 4 is 0 Å². The van der Waals surface area contributed by atoms with Gasteiger partial charge in [-0.15, -0.1) is 0 Å². The van der Waals surface area contributed by atoms with E-state index >= 15 is 0 Å². The lowest BCUT2D eigenvalue weighted by Gasteiger charge is -2.31. The Kier molecular flexibility index (Phi) is 7.06. The van der Waals surface area contributed by atoms with E-state index in [1.165, 1.54) is 38.5 Å². The van der Waals surface area contributed by atoms with Crippen LogP contribution in [0.2, 0.25) is 0 Å².